The maximum Gasteiger partial charge on any atom is 0.295 e. The van der Waals surface area contributed by atoms with Gasteiger partial charge in [0.25, 0.3) is 11.7 Å². The van der Waals surface area contributed by atoms with Crippen LogP contribution in [0.4, 0.5) is 0 Å². The fourth-order valence-electron chi connectivity index (χ4n) is 4.52. The molecule has 1 aliphatic rings. The van der Waals surface area contributed by atoms with Crippen molar-refractivity contribution in [2.75, 3.05) is 26.2 Å². The number of carbonyl (C=O) groups is 2. The van der Waals surface area contributed by atoms with Crippen molar-refractivity contribution < 1.29 is 19.4 Å². The number of Topliss-reactive ketones (excluding diaryl/α,β-unsaturated/α-hetero) is 1. The summed E-state index contributed by atoms with van der Waals surface area (Å²) in [6.45, 7) is 9.24. The molecular formula is C29H32N2O4S. The van der Waals surface area contributed by atoms with Crippen LogP contribution in [0.25, 0.3) is 5.76 Å². The molecule has 2 heterocycles. The SMILES string of the molecule is CCN(CC)CCN1C(=O)C(=O)/C(=C(/O)c2ccc(OCc3ccccc3)cc2C)C1c1cccs1. The molecule has 1 aliphatic heterocycles. The van der Waals surface area contributed by atoms with Gasteiger partial charge in [0.05, 0.1) is 11.6 Å². The van der Waals surface area contributed by atoms with Gasteiger partial charge in [-0.25, -0.2) is 0 Å². The Hall–Kier alpha value is -3.42. The largest absolute Gasteiger partial charge is 0.507 e. The van der Waals surface area contributed by atoms with Crippen LogP contribution in [-0.2, 0) is 16.2 Å². The molecule has 1 atom stereocenters. The van der Waals surface area contributed by atoms with Crippen molar-refractivity contribution in [3.8, 4) is 5.75 Å². The fraction of sp³-hybridized carbons (Fsp3) is 0.310. The molecule has 188 valence electrons. The lowest BCUT2D eigenvalue weighted by atomic mass is 9.97. The first-order valence-corrected chi connectivity index (χ1v) is 13.1. The summed E-state index contributed by atoms with van der Waals surface area (Å²) in [6.07, 6.45) is 0. The van der Waals surface area contributed by atoms with Crippen LogP contribution in [0.1, 0.15) is 41.5 Å². The van der Waals surface area contributed by atoms with E-state index in [2.05, 4.69) is 18.7 Å². The molecule has 1 amide bonds. The van der Waals surface area contributed by atoms with Gasteiger partial charge in [-0.2, -0.15) is 0 Å². The number of likely N-dealkylation sites (tertiary alicyclic amines) is 1. The Morgan fingerprint density at radius 3 is 2.44 bits per heavy atom. The van der Waals surface area contributed by atoms with Crippen molar-refractivity contribution in [2.24, 2.45) is 0 Å². The molecule has 4 rings (SSSR count). The maximum atomic E-state index is 13.2. The van der Waals surface area contributed by atoms with Gasteiger partial charge in [0.15, 0.2) is 0 Å². The van der Waals surface area contributed by atoms with Crippen molar-refractivity contribution in [3.63, 3.8) is 0 Å². The number of aryl methyl sites for hydroxylation is 1. The number of ether oxygens (including phenoxy) is 1. The molecule has 0 saturated carbocycles. The van der Waals surface area contributed by atoms with Gasteiger partial charge >= 0.3 is 0 Å². The minimum atomic E-state index is -0.644. The molecule has 1 saturated heterocycles. The number of ketones is 1. The maximum absolute atomic E-state index is 13.2. The van der Waals surface area contributed by atoms with E-state index in [1.54, 1.807) is 17.0 Å². The predicted molar refractivity (Wildman–Crippen MR) is 143 cm³/mol. The van der Waals surface area contributed by atoms with E-state index in [1.807, 2.05) is 60.8 Å². The first kappa shape index (κ1) is 25.7. The molecule has 1 N–H and O–H groups in total. The van der Waals surface area contributed by atoms with Gasteiger partial charge in [-0.3, -0.25) is 9.59 Å². The predicted octanol–water partition coefficient (Wildman–Crippen LogP) is 5.40. The number of rotatable bonds is 10. The highest BCUT2D eigenvalue weighted by Gasteiger charge is 2.46. The van der Waals surface area contributed by atoms with Crippen molar-refractivity contribution >= 4 is 28.8 Å². The molecule has 2 aromatic carbocycles. The van der Waals surface area contributed by atoms with Crippen molar-refractivity contribution in [1.29, 1.82) is 0 Å². The van der Waals surface area contributed by atoms with Crippen LogP contribution >= 0.6 is 11.3 Å². The average Bonchev–Trinajstić information content (AvgIpc) is 3.51. The number of benzene rings is 2. The molecule has 0 bridgehead atoms. The first-order valence-electron chi connectivity index (χ1n) is 12.3. The van der Waals surface area contributed by atoms with Gasteiger partial charge in [0.2, 0.25) is 0 Å². The quantitative estimate of drug-likeness (QED) is 0.227. The summed E-state index contributed by atoms with van der Waals surface area (Å²) in [5, 5.41) is 13.3. The Labute approximate surface area is 216 Å². The van der Waals surface area contributed by atoms with Gasteiger partial charge in [-0.05, 0) is 60.8 Å². The topological polar surface area (TPSA) is 70.1 Å². The Bertz CT molecular complexity index is 1230. The second-order valence-corrected chi connectivity index (χ2v) is 9.77. The molecule has 36 heavy (non-hydrogen) atoms. The van der Waals surface area contributed by atoms with Crippen LogP contribution in [0.15, 0.2) is 71.6 Å². The van der Waals surface area contributed by atoms with Gasteiger partial charge in [0, 0.05) is 23.5 Å². The zero-order valence-corrected chi connectivity index (χ0v) is 21.8. The second-order valence-electron chi connectivity index (χ2n) is 8.79. The summed E-state index contributed by atoms with van der Waals surface area (Å²) in [5.74, 6) is -0.691. The van der Waals surface area contributed by atoms with Crippen LogP contribution in [0.2, 0.25) is 0 Å². The lowest BCUT2D eigenvalue weighted by Crippen LogP contribution is -2.37. The number of hydrogen-bond donors (Lipinski definition) is 1. The number of amides is 1. The summed E-state index contributed by atoms with van der Waals surface area (Å²) < 4.78 is 5.91. The van der Waals surface area contributed by atoms with Crippen LogP contribution in [0, 0.1) is 6.92 Å². The molecule has 7 heteroatoms. The smallest absolute Gasteiger partial charge is 0.295 e. The molecule has 6 nitrogen and oxygen atoms in total. The highest BCUT2D eigenvalue weighted by Crippen LogP contribution is 2.41. The van der Waals surface area contributed by atoms with Crippen LogP contribution in [0.5, 0.6) is 5.75 Å². The number of nitrogens with zero attached hydrogens (tertiary/aromatic N) is 2. The minimum absolute atomic E-state index is 0.142. The summed E-state index contributed by atoms with van der Waals surface area (Å²) in [5.41, 5.74) is 2.48. The van der Waals surface area contributed by atoms with Crippen LogP contribution < -0.4 is 4.74 Å². The Morgan fingerprint density at radius 2 is 1.81 bits per heavy atom. The molecule has 3 aromatic rings. The molecule has 1 fully saturated rings. The van der Waals surface area contributed by atoms with Gasteiger partial charge in [-0.1, -0.05) is 50.2 Å². The molecule has 0 aliphatic carbocycles. The molecule has 0 spiro atoms. The lowest BCUT2D eigenvalue weighted by Gasteiger charge is -2.27. The fourth-order valence-corrected chi connectivity index (χ4v) is 5.37. The van der Waals surface area contributed by atoms with Gasteiger partial charge in [0.1, 0.15) is 18.1 Å². The van der Waals surface area contributed by atoms with E-state index in [9.17, 15) is 14.7 Å². The molecule has 1 aromatic heterocycles. The first-order chi connectivity index (χ1) is 17.4. The number of likely N-dealkylation sites (N-methyl/N-ethyl adjacent to an activating group) is 1. The summed E-state index contributed by atoms with van der Waals surface area (Å²) in [7, 11) is 0. The van der Waals surface area contributed by atoms with Crippen LogP contribution in [0.3, 0.4) is 0 Å². The van der Waals surface area contributed by atoms with E-state index in [-0.39, 0.29) is 11.3 Å². The van der Waals surface area contributed by atoms with Crippen molar-refractivity contribution in [3.05, 3.63) is 93.2 Å². The number of aliphatic hydroxyl groups excluding tert-OH is 1. The highest BCUT2D eigenvalue weighted by molar-refractivity contribution is 7.10. The third-order valence-electron chi connectivity index (χ3n) is 6.61. The van der Waals surface area contributed by atoms with E-state index in [1.165, 1.54) is 11.3 Å². The third kappa shape index (κ3) is 5.37. The molecule has 1 unspecified atom stereocenters. The highest BCUT2D eigenvalue weighted by atomic mass is 32.1. The van der Waals surface area contributed by atoms with E-state index >= 15 is 0 Å². The normalized spacial score (nSPS) is 17.2. The zero-order valence-electron chi connectivity index (χ0n) is 20.9. The molecular weight excluding hydrogens is 472 g/mol. The number of carbonyl (C=O) groups excluding carboxylic acids is 2. The minimum Gasteiger partial charge on any atom is -0.507 e. The monoisotopic (exact) mass is 504 g/mol. The van der Waals surface area contributed by atoms with E-state index < -0.39 is 17.7 Å². The Morgan fingerprint density at radius 1 is 1.06 bits per heavy atom. The van der Waals surface area contributed by atoms with E-state index in [0.717, 1.165) is 29.1 Å². The third-order valence-corrected chi connectivity index (χ3v) is 7.53. The summed E-state index contributed by atoms with van der Waals surface area (Å²) in [6, 6.07) is 18.5. The van der Waals surface area contributed by atoms with Crippen molar-refractivity contribution in [2.45, 2.75) is 33.4 Å². The number of thiophene rings is 1. The molecule has 0 radical (unpaired) electrons. The summed E-state index contributed by atoms with van der Waals surface area (Å²) >= 11 is 1.48. The van der Waals surface area contributed by atoms with Gasteiger partial charge < -0.3 is 19.6 Å². The average molecular weight is 505 g/mol. The Kier molecular flexibility index (Phi) is 8.23. The van der Waals surface area contributed by atoms with Gasteiger partial charge in [-0.15, -0.1) is 11.3 Å². The van der Waals surface area contributed by atoms with Crippen molar-refractivity contribution in [1.82, 2.24) is 9.80 Å². The summed E-state index contributed by atoms with van der Waals surface area (Å²) in [4.78, 5) is 31.0. The van der Waals surface area contributed by atoms with Crippen LogP contribution in [-0.4, -0.2) is 52.8 Å². The van der Waals surface area contributed by atoms with E-state index in [0.29, 0.717) is 31.0 Å². The second kappa shape index (κ2) is 11.5. The number of hydrogen-bond acceptors (Lipinski definition) is 6. The lowest BCUT2D eigenvalue weighted by molar-refractivity contribution is -0.140. The van der Waals surface area contributed by atoms with E-state index in [4.69, 9.17) is 4.74 Å². The Balaban J connectivity index is 1.64. The standard InChI is InChI=1S/C29H32N2O4S/c1-4-30(5-2)15-16-31-26(24-12-9-17-36-24)25(28(33)29(31)34)27(32)23-14-13-22(18-20(23)3)35-19-21-10-7-6-8-11-21/h6-14,17-18,26,32H,4-5,15-16,19H2,1-3H3/b27-25+. The zero-order chi connectivity index (χ0) is 25.7. The number of aliphatic hydroxyl groups is 1.